The maximum absolute atomic E-state index is 14.0. The number of halogens is 1. The van der Waals surface area contributed by atoms with Gasteiger partial charge in [-0.15, -0.1) is 0 Å². The van der Waals surface area contributed by atoms with Gasteiger partial charge in [-0.1, -0.05) is 86.5 Å². The third-order valence-corrected chi connectivity index (χ3v) is 8.07. The van der Waals surface area contributed by atoms with Gasteiger partial charge in [0.25, 0.3) is 0 Å². The highest BCUT2D eigenvalue weighted by Crippen LogP contribution is 2.22. The van der Waals surface area contributed by atoms with Crippen LogP contribution in [-0.2, 0) is 39.0 Å². The molecule has 0 saturated heterocycles. The summed E-state index contributed by atoms with van der Waals surface area (Å²) in [5.41, 5.74) is 3.11. The maximum Gasteiger partial charge on any atom is 0.244 e. The molecular weight excluding hydrogens is 546 g/mol. The topological polar surface area (TPSA) is 86.8 Å². The first-order chi connectivity index (χ1) is 19.1. The minimum absolute atomic E-state index is 0.112. The summed E-state index contributed by atoms with van der Waals surface area (Å²) >= 11 is 6.09. The molecule has 9 heteroatoms. The number of nitrogens with one attached hydrogen (secondary N) is 1. The van der Waals surface area contributed by atoms with Crippen LogP contribution in [0.4, 0.5) is 5.69 Å². The molecular formula is C31H38ClN3O4S. The molecule has 3 aromatic carbocycles. The smallest absolute Gasteiger partial charge is 0.244 e. The minimum Gasteiger partial charge on any atom is -0.354 e. The van der Waals surface area contributed by atoms with Gasteiger partial charge in [0, 0.05) is 24.5 Å². The van der Waals surface area contributed by atoms with Gasteiger partial charge in [0.1, 0.15) is 12.6 Å². The third-order valence-electron chi connectivity index (χ3n) is 6.68. The molecule has 0 heterocycles. The van der Waals surface area contributed by atoms with Crippen LogP contribution in [0.3, 0.4) is 0 Å². The van der Waals surface area contributed by atoms with Crippen molar-refractivity contribution in [1.82, 2.24) is 10.2 Å². The Morgan fingerprint density at radius 2 is 1.50 bits per heavy atom. The van der Waals surface area contributed by atoms with E-state index in [1.165, 1.54) is 4.90 Å². The van der Waals surface area contributed by atoms with Crippen molar-refractivity contribution in [2.75, 3.05) is 23.7 Å². The van der Waals surface area contributed by atoms with Crippen molar-refractivity contribution in [2.24, 2.45) is 0 Å². The van der Waals surface area contributed by atoms with Crippen molar-refractivity contribution in [1.29, 1.82) is 0 Å². The molecule has 1 N–H and O–H groups in total. The zero-order valence-electron chi connectivity index (χ0n) is 23.3. The Hall–Kier alpha value is -3.36. The Labute approximate surface area is 243 Å². The molecule has 0 saturated carbocycles. The first kappa shape index (κ1) is 31.2. The van der Waals surface area contributed by atoms with Crippen LogP contribution in [0.1, 0.15) is 43.4 Å². The molecule has 0 unspecified atom stereocenters. The van der Waals surface area contributed by atoms with Gasteiger partial charge in [-0.2, -0.15) is 0 Å². The van der Waals surface area contributed by atoms with E-state index >= 15 is 0 Å². The summed E-state index contributed by atoms with van der Waals surface area (Å²) in [7, 11) is -3.80. The summed E-state index contributed by atoms with van der Waals surface area (Å²) in [6, 6.07) is 22.8. The molecule has 0 aromatic heterocycles. The van der Waals surface area contributed by atoms with Crippen molar-refractivity contribution in [3.63, 3.8) is 0 Å². The lowest BCUT2D eigenvalue weighted by Crippen LogP contribution is -2.53. The summed E-state index contributed by atoms with van der Waals surface area (Å²) in [5.74, 6) is -0.760. The molecule has 3 rings (SSSR count). The lowest BCUT2D eigenvalue weighted by molar-refractivity contribution is -0.140. The Morgan fingerprint density at radius 1 is 0.875 bits per heavy atom. The summed E-state index contributed by atoms with van der Waals surface area (Å²) in [6.07, 6.45) is 3.89. The number of rotatable bonds is 14. The highest BCUT2D eigenvalue weighted by Gasteiger charge is 2.33. The van der Waals surface area contributed by atoms with E-state index < -0.39 is 28.5 Å². The second-order valence-electron chi connectivity index (χ2n) is 9.79. The zero-order chi connectivity index (χ0) is 29.1. The number of anilines is 1. The number of sulfonamides is 1. The molecule has 214 valence electrons. The van der Waals surface area contributed by atoms with E-state index in [4.69, 9.17) is 11.6 Å². The van der Waals surface area contributed by atoms with Crippen LogP contribution >= 0.6 is 11.6 Å². The first-order valence-corrected chi connectivity index (χ1v) is 15.8. The summed E-state index contributed by atoms with van der Waals surface area (Å²) in [4.78, 5) is 29.1. The molecule has 0 aliphatic rings. The van der Waals surface area contributed by atoms with Crippen molar-refractivity contribution in [3.05, 3.63) is 101 Å². The molecule has 0 fully saturated rings. The highest BCUT2D eigenvalue weighted by molar-refractivity contribution is 7.92. The fraction of sp³-hybridized carbons (Fsp3) is 0.355. The molecule has 7 nitrogen and oxygen atoms in total. The van der Waals surface area contributed by atoms with Gasteiger partial charge in [-0.05, 0) is 53.8 Å². The zero-order valence-corrected chi connectivity index (χ0v) is 24.9. The van der Waals surface area contributed by atoms with Crippen molar-refractivity contribution < 1.29 is 18.0 Å². The summed E-state index contributed by atoms with van der Waals surface area (Å²) in [6.45, 7) is 4.21. The molecule has 2 amide bonds. The number of benzene rings is 3. The van der Waals surface area contributed by atoms with Gasteiger partial charge in [-0.25, -0.2) is 8.42 Å². The fourth-order valence-electron chi connectivity index (χ4n) is 4.36. The van der Waals surface area contributed by atoms with Crippen LogP contribution in [0.2, 0.25) is 5.02 Å². The molecule has 0 spiro atoms. The molecule has 40 heavy (non-hydrogen) atoms. The van der Waals surface area contributed by atoms with Crippen LogP contribution in [0.5, 0.6) is 0 Å². The van der Waals surface area contributed by atoms with Gasteiger partial charge in [0.15, 0.2) is 0 Å². The number of carbonyl (C=O) groups excluding carboxylic acids is 2. The van der Waals surface area contributed by atoms with E-state index in [1.807, 2.05) is 56.3 Å². The average molecular weight is 584 g/mol. The molecule has 1 atom stereocenters. The Bertz CT molecular complexity index is 1350. The molecule has 0 radical (unpaired) electrons. The second kappa shape index (κ2) is 14.9. The van der Waals surface area contributed by atoms with E-state index in [9.17, 15) is 18.0 Å². The van der Waals surface area contributed by atoms with Crippen molar-refractivity contribution >= 4 is 39.1 Å². The normalized spacial score (nSPS) is 12.0. The van der Waals surface area contributed by atoms with Crippen molar-refractivity contribution in [2.45, 2.75) is 52.1 Å². The largest absolute Gasteiger partial charge is 0.354 e. The third kappa shape index (κ3) is 9.10. The molecule has 3 aromatic rings. The highest BCUT2D eigenvalue weighted by atomic mass is 35.5. The lowest BCUT2D eigenvalue weighted by Gasteiger charge is -2.33. The van der Waals surface area contributed by atoms with Gasteiger partial charge in [0.2, 0.25) is 21.8 Å². The minimum atomic E-state index is -3.80. The predicted molar refractivity (Wildman–Crippen MR) is 162 cm³/mol. The van der Waals surface area contributed by atoms with Gasteiger partial charge < -0.3 is 10.2 Å². The standard InChI is InChI=1S/C31H38ClN3O4S/c1-4-6-20-33-31(37)29(21-25-10-8-7-9-11-25)34(22-26-12-16-27(32)17-13-26)30(36)23-35(40(3,38)39)28-18-14-24(5-2)15-19-28/h7-19,29H,4-6,20-23H2,1-3H3,(H,33,37)/t29-/m0/s1. The average Bonchev–Trinajstić information content (AvgIpc) is 2.94. The maximum atomic E-state index is 14.0. The van der Waals surface area contributed by atoms with Crippen LogP contribution in [0, 0.1) is 0 Å². The monoisotopic (exact) mass is 583 g/mol. The number of hydrogen-bond acceptors (Lipinski definition) is 4. The van der Waals surface area contributed by atoms with E-state index in [2.05, 4.69) is 5.32 Å². The molecule has 0 bridgehead atoms. The molecule has 0 aliphatic heterocycles. The van der Waals surface area contributed by atoms with Crippen LogP contribution in [-0.4, -0.2) is 50.5 Å². The number of hydrogen-bond donors (Lipinski definition) is 1. The van der Waals surface area contributed by atoms with Gasteiger partial charge in [-0.3, -0.25) is 13.9 Å². The lowest BCUT2D eigenvalue weighted by atomic mass is 10.0. The summed E-state index contributed by atoms with van der Waals surface area (Å²) in [5, 5.41) is 3.53. The Morgan fingerprint density at radius 3 is 2.08 bits per heavy atom. The van der Waals surface area contributed by atoms with Gasteiger partial charge in [0.05, 0.1) is 11.9 Å². The van der Waals surface area contributed by atoms with Gasteiger partial charge >= 0.3 is 0 Å². The van der Waals surface area contributed by atoms with E-state index in [1.54, 1.807) is 36.4 Å². The van der Waals surface area contributed by atoms with E-state index in [0.29, 0.717) is 17.3 Å². The van der Waals surface area contributed by atoms with Crippen LogP contribution < -0.4 is 9.62 Å². The number of nitrogens with zero attached hydrogens (tertiary/aromatic N) is 2. The van der Waals surface area contributed by atoms with E-state index in [-0.39, 0.29) is 18.9 Å². The fourth-order valence-corrected chi connectivity index (χ4v) is 5.33. The molecule has 0 aliphatic carbocycles. The van der Waals surface area contributed by atoms with Crippen LogP contribution in [0.25, 0.3) is 0 Å². The van der Waals surface area contributed by atoms with Crippen molar-refractivity contribution in [3.8, 4) is 0 Å². The number of aryl methyl sites for hydroxylation is 1. The predicted octanol–water partition coefficient (Wildman–Crippen LogP) is 5.22. The summed E-state index contributed by atoms with van der Waals surface area (Å²) < 4.78 is 26.8. The number of carbonyl (C=O) groups is 2. The Kier molecular flexibility index (Phi) is 11.6. The van der Waals surface area contributed by atoms with Crippen LogP contribution in [0.15, 0.2) is 78.9 Å². The SMILES string of the molecule is CCCCNC(=O)[C@H](Cc1ccccc1)N(Cc1ccc(Cl)cc1)C(=O)CN(c1ccc(CC)cc1)S(C)(=O)=O. The Balaban J connectivity index is 2.01. The quantitative estimate of drug-likeness (QED) is 0.263. The van der Waals surface area contributed by atoms with E-state index in [0.717, 1.165) is 46.5 Å². The number of unbranched alkanes of at least 4 members (excludes halogenated alkanes) is 1. The second-order valence-corrected chi connectivity index (χ2v) is 12.1. The number of amides is 2. The first-order valence-electron chi connectivity index (χ1n) is 13.5.